The van der Waals surface area contributed by atoms with E-state index >= 15 is 0 Å². The Hall–Kier alpha value is -1.16. The zero-order valence-electron chi connectivity index (χ0n) is 8.62. The second kappa shape index (κ2) is 5.00. The zero-order valence-corrected chi connectivity index (χ0v) is 10.1. The molecule has 0 radical (unpaired) electrons. The van der Waals surface area contributed by atoms with Crippen molar-refractivity contribution in [3.8, 4) is 11.3 Å². The molecular weight excluding hydrogens is 264 g/mol. The van der Waals surface area contributed by atoms with Crippen molar-refractivity contribution >= 4 is 23.2 Å². The highest BCUT2D eigenvalue weighted by molar-refractivity contribution is 6.33. The fraction of sp³-hybridized carbons (Fsp3) is 0.0833. The number of aliphatic hydroxyl groups excluding tert-OH is 1. The first-order valence-electron chi connectivity index (χ1n) is 4.83. The van der Waals surface area contributed by atoms with Crippen LogP contribution in [-0.4, -0.2) is 10.1 Å². The molecule has 88 valence electrons. The average molecular weight is 272 g/mol. The van der Waals surface area contributed by atoms with Crippen molar-refractivity contribution in [1.82, 2.24) is 4.98 Å². The second-order valence-corrected chi connectivity index (χ2v) is 4.23. The Balaban J connectivity index is 2.64. The van der Waals surface area contributed by atoms with Crippen LogP contribution in [0.4, 0.5) is 4.39 Å². The number of benzene rings is 1. The van der Waals surface area contributed by atoms with Gasteiger partial charge in [-0.2, -0.15) is 0 Å². The summed E-state index contributed by atoms with van der Waals surface area (Å²) in [5.41, 5.74) is 0.992. The Morgan fingerprint density at radius 1 is 1.24 bits per heavy atom. The maximum absolute atomic E-state index is 13.8. The molecule has 1 heterocycles. The second-order valence-electron chi connectivity index (χ2n) is 3.42. The van der Waals surface area contributed by atoms with Gasteiger partial charge in [-0.3, -0.25) is 4.98 Å². The van der Waals surface area contributed by atoms with Crippen molar-refractivity contribution in [1.29, 1.82) is 0 Å². The van der Waals surface area contributed by atoms with Crippen LogP contribution in [0, 0.1) is 5.82 Å². The maximum Gasteiger partial charge on any atom is 0.134 e. The van der Waals surface area contributed by atoms with Gasteiger partial charge in [-0.15, -0.1) is 0 Å². The molecule has 0 unspecified atom stereocenters. The van der Waals surface area contributed by atoms with Crippen LogP contribution in [0.2, 0.25) is 10.0 Å². The summed E-state index contributed by atoms with van der Waals surface area (Å²) in [4.78, 5) is 4.02. The van der Waals surface area contributed by atoms with Gasteiger partial charge in [-0.1, -0.05) is 23.2 Å². The lowest BCUT2D eigenvalue weighted by Gasteiger charge is -2.08. The molecule has 0 aliphatic rings. The lowest BCUT2D eigenvalue weighted by atomic mass is 10.1. The van der Waals surface area contributed by atoms with Crippen LogP contribution in [0.5, 0.6) is 0 Å². The van der Waals surface area contributed by atoms with Crippen molar-refractivity contribution in [3.05, 3.63) is 51.9 Å². The normalized spacial score (nSPS) is 10.6. The van der Waals surface area contributed by atoms with Crippen LogP contribution in [0.3, 0.4) is 0 Å². The van der Waals surface area contributed by atoms with Gasteiger partial charge in [0.05, 0.1) is 17.3 Å². The summed E-state index contributed by atoms with van der Waals surface area (Å²) in [5.74, 6) is -0.521. The summed E-state index contributed by atoms with van der Waals surface area (Å²) < 4.78 is 13.8. The number of hydrogen-bond acceptors (Lipinski definition) is 2. The zero-order chi connectivity index (χ0) is 12.4. The van der Waals surface area contributed by atoms with Crippen molar-refractivity contribution in [2.75, 3.05) is 0 Å². The molecule has 0 saturated heterocycles. The fourth-order valence-corrected chi connectivity index (χ4v) is 1.91. The van der Waals surface area contributed by atoms with E-state index in [1.54, 1.807) is 12.1 Å². The van der Waals surface area contributed by atoms with Gasteiger partial charge >= 0.3 is 0 Å². The predicted molar refractivity (Wildman–Crippen MR) is 65.6 cm³/mol. The highest BCUT2D eigenvalue weighted by atomic mass is 35.5. The number of rotatable bonds is 2. The largest absolute Gasteiger partial charge is 0.392 e. The lowest BCUT2D eigenvalue weighted by molar-refractivity contribution is 0.282. The molecule has 0 spiro atoms. The van der Waals surface area contributed by atoms with Gasteiger partial charge < -0.3 is 5.11 Å². The first-order chi connectivity index (χ1) is 8.13. The molecule has 0 aliphatic heterocycles. The van der Waals surface area contributed by atoms with E-state index in [4.69, 9.17) is 28.3 Å². The van der Waals surface area contributed by atoms with Crippen LogP contribution < -0.4 is 0 Å². The van der Waals surface area contributed by atoms with Crippen molar-refractivity contribution in [2.24, 2.45) is 0 Å². The molecule has 0 fully saturated rings. The summed E-state index contributed by atoms with van der Waals surface area (Å²) in [6, 6.07) is 5.88. The molecule has 1 N–H and O–H groups in total. The van der Waals surface area contributed by atoms with E-state index < -0.39 is 5.82 Å². The first kappa shape index (κ1) is 12.3. The third kappa shape index (κ3) is 2.41. The van der Waals surface area contributed by atoms with Gasteiger partial charge in [0.25, 0.3) is 0 Å². The third-order valence-electron chi connectivity index (χ3n) is 2.32. The van der Waals surface area contributed by atoms with E-state index in [0.717, 1.165) is 6.07 Å². The van der Waals surface area contributed by atoms with E-state index in [9.17, 15) is 4.39 Å². The Kier molecular flexibility index (Phi) is 3.62. The Labute approximate surface area is 108 Å². The smallest absolute Gasteiger partial charge is 0.134 e. The van der Waals surface area contributed by atoms with Crippen LogP contribution >= 0.6 is 23.2 Å². The highest BCUT2D eigenvalue weighted by Gasteiger charge is 2.13. The molecule has 0 aliphatic carbocycles. The Morgan fingerprint density at radius 3 is 2.65 bits per heavy atom. The van der Waals surface area contributed by atoms with Gasteiger partial charge in [0.15, 0.2) is 0 Å². The third-order valence-corrected chi connectivity index (χ3v) is 2.98. The van der Waals surface area contributed by atoms with Crippen LogP contribution in [0.15, 0.2) is 30.5 Å². The average Bonchev–Trinajstić information content (AvgIpc) is 2.31. The first-order valence-corrected chi connectivity index (χ1v) is 5.58. The minimum atomic E-state index is -0.521. The van der Waals surface area contributed by atoms with Gasteiger partial charge in [0.1, 0.15) is 5.82 Å². The van der Waals surface area contributed by atoms with E-state index in [0.29, 0.717) is 16.3 Å². The molecule has 5 heteroatoms. The SMILES string of the molecule is OCc1cc(-c2ncccc2Cl)c(F)cc1Cl. The summed E-state index contributed by atoms with van der Waals surface area (Å²) >= 11 is 11.7. The number of hydrogen-bond donors (Lipinski definition) is 1. The topological polar surface area (TPSA) is 33.1 Å². The minimum Gasteiger partial charge on any atom is -0.392 e. The molecule has 1 aromatic heterocycles. The maximum atomic E-state index is 13.8. The van der Waals surface area contributed by atoms with Gasteiger partial charge in [0, 0.05) is 16.8 Å². The van der Waals surface area contributed by atoms with E-state index in [1.165, 1.54) is 12.3 Å². The van der Waals surface area contributed by atoms with Crippen molar-refractivity contribution in [2.45, 2.75) is 6.61 Å². The van der Waals surface area contributed by atoms with Crippen molar-refractivity contribution in [3.63, 3.8) is 0 Å². The lowest BCUT2D eigenvalue weighted by Crippen LogP contribution is -1.93. The fourth-order valence-electron chi connectivity index (χ4n) is 1.48. The highest BCUT2D eigenvalue weighted by Crippen LogP contribution is 2.31. The van der Waals surface area contributed by atoms with Crippen LogP contribution in [-0.2, 0) is 6.61 Å². The van der Waals surface area contributed by atoms with Gasteiger partial charge in [0.2, 0.25) is 0 Å². The standard InChI is InChI=1S/C12H8Cl2FNO/c13-9-2-1-3-16-12(9)8-4-7(6-17)10(14)5-11(8)15/h1-5,17H,6H2. The number of aliphatic hydroxyl groups is 1. The predicted octanol–water partition coefficient (Wildman–Crippen LogP) is 3.69. The monoisotopic (exact) mass is 271 g/mol. The number of nitrogens with zero attached hydrogens (tertiary/aromatic N) is 1. The van der Waals surface area contributed by atoms with Crippen LogP contribution in [0.25, 0.3) is 11.3 Å². The number of pyridine rings is 1. The van der Waals surface area contributed by atoms with E-state index in [-0.39, 0.29) is 17.2 Å². The molecule has 17 heavy (non-hydrogen) atoms. The van der Waals surface area contributed by atoms with Gasteiger partial charge in [-0.05, 0) is 29.8 Å². The minimum absolute atomic E-state index is 0.181. The summed E-state index contributed by atoms with van der Waals surface area (Å²) in [7, 11) is 0. The molecule has 2 aromatic rings. The summed E-state index contributed by atoms with van der Waals surface area (Å²) in [6.07, 6.45) is 1.52. The quantitative estimate of drug-likeness (QED) is 0.904. The molecule has 1 aromatic carbocycles. The Bertz CT molecular complexity index is 560. The summed E-state index contributed by atoms with van der Waals surface area (Å²) in [6.45, 7) is -0.267. The molecule has 0 bridgehead atoms. The molecule has 0 saturated carbocycles. The Morgan fingerprint density at radius 2 is 2.00 bits per heavy atom. The summed E-state index contributed by atoms with van der Waals surface area (Å²) in [5, 5.41) is 9.62. The molecule has 0 atom stereocenters. The number of aromatic nitrogens is 1. The number of halogens is 3. The molecule has 2 nitrogen and oxygen atoms in total. The van der Waals surface area contributed by atoms with Crippen molar-refractivity contribution < 1.29 is 9.50 Å². The van der Waals surface area contributed by atoms with E-state index in [2.05, 4.69) is 4.98 Å². The van der Waals surface area contributed by atoms with Gasteiger partial charge in [-0.25, -0.2) is 4.39 Å². The van der Waals surface area contributed by atoms with Crippen LogP contribution in [0.1, 0.15) is 5.56 Å². The van der Waals surface area contributed by atoms with E-state index in [1.807, 2.05) is 0 Å². The molecule has 2 rings (SSSR count). The molecule has 0 amide bonds. The molecular formula is C12H8Cl2FNO.